The zero-order valence-corrected chi connectivity index (χ0v) is 20.6. The first-order chi connectivity index (χ1) is 18.0. The molecule has 2 amide bonds. The van der Waals surface area contributed by atoms with Gasteiger partial charge in [-0.3, -0.25) is 14.3 Å². The average molecular weight is 526 g/mol. The van der Waals surface area contributed by atoms with Gasteiger partial charge in [-0.2, -0.15) is 23.4 Å². The third-order valence-electron chi connectivity index (χ3n) is 7.40. The number of primary amides is 1. The largest absolute Gasteiger partial charge is 0.416 e. The van der Waals surface area contributed by atoms with Crippen molar-refractivity contribution in [3.05, 3.63) is 53.3 Å². The molecular weight excluding hydrogens is 499 g/mol. The van der Waals surface area contributed by atoms with Crippen molar-refractivity contribution in [2.24, 2.45) is 11.1 Å². The molecule has 9 nitrogen and oxygen atoms in total. The van der Waals surface area contributed by atoms with E-state index in [2.05, 4.69) is 22.0 Å². The molecule has 1 aliphatic carbocycles. The van der Waals surface area contributed by atoms with Crippen LogP contribution in [0.15, 0.2) is 36.7 Å². The second-order valence-electron chi connectivity index (χ2n) is 9.91. The molecule has 4 N–H and O–H groups in total. The van der Waals surface area contributed by atoms with Crippen LogP contribution in [0.4, 0.5) is 19.0 Å². The van der Waals surface area contributed by atoms with Gasteiger partial charge >= 0.3 is 6.18 Å². The lowest BCUT2D eigenvalue weighted by Gasteiger charge is -2.45. The molecule has 1 aliphatic heterocycles. The summed E-state index contributed by atoms with van der Waals surface area (Å²) in [7, 11) is 0. The zero-order valence-electron chi connectivity index (χ0n) is 20.6. The average Bonchev–Trinajstić information content (AvgIpc) is 3.55. The third kappa shape index (κ3) is 4.49. The number of aromatic nitrogens is 4. The van der Waals surface area contributed by atoms with Gasteiger partial charge in [0, 0.05) is 24.8 Å². The van der Waals surface area contributed by atoms with E-state index in [4.69, 9.17) is 11.5 Å². The van der Waals surface area contributed by atoms with Gasteiger partial charge in [0.1, 0.15) is 17.1 Å². The van der Waals surface area contributed by atoms with E-state index >= 15 is 0 Å². The van der Waals surface area contributed by atoms with Crippen molar-refractivity contribution >= 4 is 17.6 Å². The standard InChI is InChI=1S/C26H26F3N7O2/c1-2-5-20(37)34-9-8-25(15-34)10-18(11-25)36-23(30)21(24(31)38)22(33-36)17-12-32-35(14-17)13-16-6-3-4-7-19(16)26(27,28)29/h3-4,6-7,12,14,18H,8-11,13,15,30H2,1H3,(H2,31,38)/t18-,25-. The maximum absolute atomic E-state index is 13.4. The van der Waals surface area contributed by atoms with Crippen LogP contribution in [-0.2, 0) is 17.5 Å². The summed E-state index contributed by atoms with van der Waals surface area (Å²) in [4.78, 5) is 26.2. The summed E-state index contributed by atoms with van der Waals surface area (Å²) in [5.41, 5.74) is 11.9. The fourth-order valence-electron chi connectivity index (χ4n) is 5.59. The number of hydrogen-bond acceptors (Lipinski definition) is 5. The molecule has 0 radical (unpaired) electrons. The van der Waals surface area contributed by atoms with E-state index in [1.807, 2.05) is 0 Å². The van der Waals surface area contributed by atoms with Crippen LogP contribution in [0.3, 0.4) is 0 Å². The van der Waals surface area contributed by atoms with Crippen molar-refractivity contribution in [3.8, 4) is 23.1 Å². The van der Waals surface area contributed by atoms with Crippen LogP contribution in [0.2, 0.25) is 0 Å². The van der Waals surface area contributed by atoms with E-state index in [0.717, 1.165) is 25.3 Å². The minimum atomic E-state index is -4.49. The number of amides is 2. The fourth-order valence-corrected chi connectivity index (χ4v) is 5.59. The minimum Gasteiger partial charge on any atom is -0.383 e. The van der Waals surface area contributed by atoms with E-state index in [9.17, 15) is 22.8 Å². The monoisotopic (exact) mass is 525 g/mol. The van der Waals surface area contributed by atoms with Crippen molar-refractivity contribution in [2.75, 3.05) is 18.8 Å². The van der Waals surface area contributed by atoms with Gasteiger partial charge in [0.15, 0.2) is 0 Å². The van der Waals surface area contributed by atoms with Crippen molar-refractivity contribution < 1.29 is 22.8 Å². The van der Waals surface area contributed by atoms with E-state index in [1.54, 1.807) is 16.5 Å². The maximum atomic E-state index is 13.4. The van der Waals surface area contributed by atoms with Gasteiger partial charge in [0.2, 0.25) is 0 Å². The molecule has 38 heavy (non-hydrogen) atoms. The van der Waals surface area contributed by atoms with Gasteiger partial charge < -0.3 is 16.4 Å². The Hall–Kier alpha value is -4.27. The van der Waals surface area contributed by atoms with Gasteiger partial charge in [0.05, 0.1) is 24.3 Å². The molecule has 1 aromatic carbocycles. The summed E-state index contributed by atoms with van der Waals surface area (Å²) >= 11 is 0. The van der Waals surface area contributed by atoms with Crippen molar-refractivity contribution in [1.82, 2.24) is 24.5 Å². The molecular formula is C26H26F3N7O2. The Morgan fingerprint density at radius 2 is 1.97 bits per heavy atom. The maximum Gasteiger partial charge on any atom is 0.416 e. The van der Waals surface area contributed by atoms with Crippen molar-refractivity contribution in [2.45, 2.75) is 44.9 Å². The topological polar surface area (TPSA) is 125 Å². The number of nitrogen functional groups attached to an aromatic ring is 1. The fraction of sp³-hybridized carbons (Fsp3) is 0.385. The lowest BCUT2D eigenvalue weighted by atomic mass is 9.65. The number of likely N-dealkylation sites (tertiary alicyclic amines) is 1. The Kier molecular flexibility index (Phi) is 6.17. The van der Waals surface area contributed by atoms with E-state index in [-0.39, 0.29) is 46.5 Å². The molecule has 0 atom stereocenters. The number of nitrogens with two attached hydrogens (primary N) is 2. The number of nitrogens with zero attached hydrogens (tertiary/aromatic N) is 5. The van der Waals surface area contributed by atoms with Crippen LogP contribution in [0.25, 0.3) is 11.3 Å². The summed E-state index contributed by atoms with van der Waals surface area (Å²) in [5, 5.41) is 8.78. The van der Waals surface area contributed by atoms with E-state index in [0.29, 0.717) is 18.7 Å². The second kappa shape index (κ2) is 9.24. The molecule has 2 fully saturated rings. The molecule has 2 aliphatic rings. The quantitative estimate of drug-likeness (QED) is 0.496. The van der Waals surface area contributed by atoms with Crippen LogP contribution in [0.5, 0.6) is 0 Å². The number of anilines is 1. The van der Waals surface area contributed by atoms with Gasteiger partial charge in [-0.25, -0.2) is 4.68 Å². The lowest BCUT2D eigenvalue weighted by molar-refractivity contribution is -0.138. The Labute approximate surface area is 216 Å². The highest BCUT2D eigenvalue weighted by molar-refractivity contribution is 6.03. The van der Waals surface area contributed by atoms with E-state index in [1.165, 1.54) is 35.3 Å². The number of carbonyl (C=O) groups excluding carboxylic acids is 2. The molecule has 5 rings (SSSR count). The summed E-state index contributed by atoms with van der Waals surface area (Å²) in [6, 6.07) is 5.20. The summed E-state index contributed by atoms with van der Waals surface area (Å²) < 4.78 is 43.1. The van der Waals surface area contributed by atoms with Crippen molar-refractivity contribution in [1.29, 1.82) is 0 Å². The van der Waals surface area contributed by atoms with Crippen LogP contribution in [-0.4, -0.2) is 49.4 Å². The SMILES string of the molecule is CC#CC(=O)N1CC[C@]2(C1)C[C@H](n1nc(-c3cnn(Cc4ccccc4C(F)(F)F)c3)c(C(N)=O)c1N)C2. The Morgan fingerprint density at radius 3 is 2.66 bits per heavy atom. The highest BCUT2D eigenvalue weighted by Crippen LogP contribution is 2.54. The first kappa shape index (κ1) is 25.4. The van der Waals surface area contributed by atoms with Crippen LogP contribution in [0, 0.1) is 17.3 Å². The summed E-state index contributed by atoms with van der Waals surface area (Å²) in [6.07, 6.45) is 0.756. The number of benzene rings is 1. The molecule has 12 heteroatoms. The molecule has 2 aromatic heterocycles. The molecule has 1 saturated heterocycles. The van der Waals surface area contributed by atoms with Crippen molar-refractivity contribution in [3.63, 3.8) is 0 Å². The minimum absolute atomic E-state index is 0.0437. The van der Waals surface area contributed by atoms with Crippen LogP contribution in [0.1, 0.15) is 53.7 Å². The second-order valence-corrected chi connectivity index (χ2v) is 9.91. The molecule has 3 heterocycles. The predicted molar refractivity (Wildman–Crippen MR) is 132 cm³/mol. The molecule has 0 unspecified atom stereocenters. The Balaban J connectivity index is 1.37. The number of halogens is 3. The first-order valence-corrected chi connectivity index (χ1v) is 12.1. The normalized spacial score (nSPS) is 20.7. The van der Waals surface area contributed by atoms with Gasteiger partial charge in [0.25, 0.3) is 11.8 Å². The predicted octanol–water partition coefficient (Wildman–Crippen LogP) is 3.07. The number of hydrogen-bond donors (Lipinski definition) is 2. The smallest absolute Gasteiger partial charge is 0.383 e. The highest BCUT2D eigenvalue weighted by Gasteiger charge is 2.51. The number of carbonyl (C=O) groups is 2. The molecule has 198 valence electrons. The Morgan fingerprint density at radius 1 is 1.24 bits per heavy atom. The van der Waals surface area contributed by atoms with Gasteiger partial charge in [-0.15, -0.1) is 0 Å². The summed E-state index contributed by atoms with van der Waals surface area (Å²) in [5.74, 6) is 4.40. The summed E-state index contributed by atoms with van der Waals surface area (Å²) in [6.45, 7) is 2.76. The first-order valence-electron chi connectivity index (χ1n) is 12.1. The zero-order chi connectivity index (χ0) is 27.2. The number of alkyl halides is 3. The van der Waals surface area contributed by atoms with Gasteiger partial charge in [-0.05, 0) is 49.2 Å². The van der Waals surface area contributed by atoms with Crippen LogP contribution >= 0.6 is 0 Å². The molecule has 3 aromatic rings. The Bertz CT molecular complexity index is 1470. The third-order valence-corrected chi connectivity index (χ3v) is 7.40. The van der Waals surface area contributed by atoms with E-state index < -0.39 is 17.6 Å². The molecule has 0 bridgehead atoms. The van der Waals surface area contributed by atoms with Gasteiger partial charge in [-0.1, -0.05) is 24.1 Å². The highest BCUT2D eigenvalue weighted by atomic mass is 19.4. The molecule has 1 spiro atoms. The lowest BCUT2D eigenvalue weighted by Crippen LogP contribution is -2.42. The number of rotatable bonds is 5. The molecule has 1 saturated carbocycles. The van der Waals surface area contributed by atoms with Crippen LogP contribution < -0.4 is 11.5 Å².